The summed E-state index contributed by atoms with van der Waals surface area (Å²) in [6.07, 6.45) is 3.00. The minimum absolute atomic E-state index is 0.141. The fraction of sp³-hybridized carbons (Fsp3) is 0.429. The number of sulfone groups is 1. The zero-order valence-electron chi connectivity index (χ0n) is 13.5. The lowest BCUT2D eigenvalue weighted by Crippen LogP contribution is -2.03. The summed E-state index contributed by atoms with van der Waals surface area (Å²) in [4.78, 5) is 0.872. The number of hydrogen-bond acceptors (Lipinski definition) is 7. The normalized spacial score (nSPS) is 13.1. The van der Waals surface area contributed by atoms with Crippen molar-refractivity contribution in [3.8, 4) is 0 Å². The van der Waals surface area contributed by atoms with Crippen LogP contribution in [0.15, 0.2) is 34.6 Å². The van der Waals surface area contributed by atoms with Crippen LogP contribution in [0.1, 0.15) is 19.4 Å². The molecule has 23 heavy (non-hydrogen) atoms. The molecule has 130 valence electrons. The summed E-state index contributed by atoms with van der Waals surface area (Å²) >= 11 is 6.83. The highest BCUT2D eigenvalue weighted by Gasteiger charge is 2.25. The Kier molecular flexibility index (Phi) is 8.27. The molecule has 0 fully saturated rings. The Morgan fingerprint density at radius 1 is 1.26 bits per heavy atom. The summed E-state index contributed by atoms with van der Waals surface area (Å²) in [6.45, 7) is 1.11. The molecule has 0 bridgehead atoms. The molecular formula is C14H21O5PS3. The largest absolute Gasteiger partial charge is 0.423 e. The van der Waals surface area contributed by atoms with Crippen LogP contribution in [0.3, 0.4) is 0 Å². The molecule has 1 aromatic carbocycles. The van der Waals surface area contributed by atoms with Crippen molar-refractivity contribution in [3.63, 3.8) is 0 Å². The summed E-state index contributed by atoms with van der Waals surface area (Å²) in [5.74, 6) is 0.141. The maximum absolute atomic E-state index is 11.7. The lowest BCUT2D eigenvalue weighted by atomic mass is 10.2. The van der Waals surface area contributed by atoms with E-state index in [1.165, 1.54) is 11.8 Å². The second-order valence-electron chi connectivity index (χ2n) is 4.39. The van der Waals surface area contributed by atoms with Gasteiger partial charge < -0.3 is 4.52 Å². The Labute approximate surface area is 147 Å². The maximum atomic E-state index is 11.7. The average Bonchev–Trinajstić information content (AvgIpc) is 2.45. The highest BCUT2D eigenvalue weighted by Crippen LogP contribution is 2.53. The summed E-state index contributed by atoms with van der Waals surface area (Å²) in [7, 11) is -3.43. The van der Waals surface area contributed by atoms with Gasteiger partial charge in [-0.05, 0) is 26.2 Å². The minimum atomic E-state index is -3.43. The van der Waals surface area contributed by atoms with E-state index in [-0.39, 0.29) is 5.76 Å². The van der Waals surface area contributed by atoms with Crippen LogP contribution < -0.4 is 0 Å². The van der Waals surface area contributed by atoms with E-state index >= 15 is 0 Å². The second-order valence-corrected chi connectivity index (χ2v) is 10.1. The molecule has 0 N–H and O–H groups in total. The molecule has 1 aromatic rings. The molecule has 0 heterocycles. The van der Waals surface area contributed by atoms with Gasteiger partial charge in [0.2, 0.25) is 0 Å². The van der Waals surface area contributed by atoms with Crippen molar-refractivity contribution in [2.75, 3.05) is 25.7 Å². The van der Waals surface area contributed by atoms with Crippen LogP contribution in [0.25, 0.3) is 5.76 Å². The molecule has 0 unspecified atom stereocenters. The topological polar surface area (TPSA) is 61.8 Å². The van der Waals surface area contributed by atoms with Crippen LogP contribution in [0.4, 0.5) is 0 Å². The molecule has 0 atom stereocenters. The van der Waals surface area contributed by atoms with E-state index in [2.05, 4.69) is 0 Å². The summed E-state index contributed by atoms with van der Waals surface area (Å²) < 4.78 is 40.2. The van der Waals surface area contributed by atoms with Gasteiger partial charge in [0.05, 0.1) is 18.6 Å². The van der Waals surface area contributed by atoms with E-state index in [0.717, 1.165) is 16.6 Å². The first-order chi connectivity index (χ1) is 10.7. The maximum Gasteiger partial charge on any atom is 0.380 e. The highest BCUT2D eigenvalue weighted by atomic mass is 32.5. The van der Waals surface area contributed by atoms with Gasteiger partial charge in [-0.2, -0.15) is 0 Å². The summed E-state index contributed by atoms with van der Waals surface area (Å²) in [5, 5.41) is 1.06. The number of benzene rings is 1. The first-order valence-corrected chi connectivity index (χ1v) is 12.6. The van der Waals surface area contributed by atoms with E-state index in [0.29, 0.717) is 18.8 Å². The van der Waals surface area contributed by atoms with Crippen LogP contribution in [0, 0.1) is 0 Å². The zero-order chi connectivity index (χ0) is 17.5. The molecule has 0 aliphatic carbocycles. The monoisotopic (exact) mass is 396 g/mol. The van der Waals surface area contributed by atoms with Gasteiger partial charge in [0.25, 0.3) is 0 Å². The number of rotatable bonds is 9. The van der Waals surface area contributed by atoms with Gasteiger partial charge >= 0.3 is 6.72 Å². The summed E-state index contributed by atoms with van der Waals surface area (Å²) in [6, 6.07) is 7.33. The smallest absolute Gasteiger partial charge is 0.380 e. The van der Waals surface area contributed by atoms with Gasteiger partial charge in [-0.25, -0.2) is 8.42 Å². The Balaban J connectivity index is 3.38. The van der Waals surface area contributed by atoms with Crippen molar-refractivity contribution in [2.24, 2.45) is 0 Å². The Hall–Kier alpha value is -0.370. The third kappa shape index (κ3) is 6.95. The SMILES string of the molecule is CCOP(=S)(OCC)O/C(=C\S(C)(=O)=O)c1ccccc1SC. The van der Waals surface area contributed by atoms with Crippen LogP contribution in [0.2, 0.25) is 0 Å². The molecule has 1 rings (SSSR count). The van der Waals surface area contributed by atoms with Crippen molar-refractivity contribution >= 4 is 45.9 Å². The van der Waals surface area contributed by atoms with E-state index in [1.807, 2.05) is 18.4 Å². The first kappa shape index (κ1) is 20.7. The fourth-order valence-electron chi connectivity index (χ4n) is 1.70. The quantitative estimate of drug-likeness (QED) is 0.354. The molecule has 0 saturated heterocycles. The van der Waals surface area contributed by atoms with Gasteiger partial charge in [-0.1, -0.05) is 18.2 Å². The third-order valence-corrected chi connectivity index (χ3v) is 6.34. The van der Waals surface area contributed by atoms with E-state index < -0.39 is 16.6 Å². The Bertz CT molecular complexity index is 690. The Morgan fingerprint density at radius 3 is 2.30 bits per heavy atom. The molecular weight excluding hydrogens is 375 g/mol. The highest BCUT2D eigenvalue weighted by molar-refractivity contribution is 8.07. The second kappa shape index (κ2) is 9.20. The van der Waals surface area contributed by atoms with Crippen molar-refractivity contribution in [1.82, 2.24) is 0 Å². The molecule has 0 spiro atoms. The molecule has 0 radical (unpaired) electrons. The number of thioether (sulfide) groups is 1. The molecule has 0 aromatic heterocycles. The van der Waals surface area contributed by atoms with E-state index in [9.17, 15) is 8.42 Å². The predicted octanol–water partition coefficient (Wildman–Crippen LogP) is 4.07. The molecule has 0 aliphatic heterocycles. The van der Waals surface area contributed by atoms with E-state index in [4.69, 9.17) is 25.4 Å². The zero-order valence-corrected chi connectivity index (χ0v) is 16.9. The van der Waals surface area contributed by atoms with Gasteiger partial charge in [-0.3, -0.25) is 9.05 Å². The lowest BCUT2D eigenvalue weighted by Gasteiger charge is -2.23. The Morgan fingerprint density at radius 2 is 1.83 bits per heavy atom. The molecule has 0 saturated carbocycles. The number of hydrogen-bond donors (Lipinski definition) is 0. The van der Waals surface area contributed by atoms with Crippen molar-refractivity contribution in [1.29, 1.82) is 0 Å². The van der Waals surface area contributed by atoms with Crippen LogP contribution in [-0.2, 0) is 35.2 Å². The summed E-state index contributed by atoms with van der Waals surface area (Å²) in [5.41, 5.74) is 0.638. The molecule has 9 heteroatoms. The van der Waals surface area contributed by atoms with Gasteiger partial charge in [0, 0.05) is 28.5 Å². The fourth-order valence-corrected chi connectivity index (χ4v) is 5.02. The van der Waals surface area contributed by atoms with Crippen molar-refractivity contribution < 1.29 is 22.0 Å². The van der Waals surface area contributed by atoms with E-state index in [1.54, 1.807) is 26.0 Å². The van der Waals surface area contributed by atoms with Gasteiger partial charge in [0.1, 0.15) is 5.76 Å². The van der Waals surface area contributed by atoms with Gasteiger partial charge in [0.15, 0.2) is 9.84 Å². The third-order valence-electron chi connectivity index (χ3n) is 2.48. The van der Waals surface area contributed by atoms with Crippen LogP contribution in [-0.4, -0.2) is 34.1 Å². The van der Waals surface area contributed by atoms with Crippen LogP contribution in [0.5, 0.6) is 0 Å². The van der Waals surface area contributed by atoms with Crippen molar-refractivity contribution in [3.05, 3.63) is 35.2 Å². The molecule has 0 amide bonds. The molecule has 0 aliphatic rings. The van der Waals surface area contributed by atoms with Crippen LogP contribution >= 0.6 is 18.5 Å². The lowest BCUT2D eigenvalue weighted by molar-refractivity contribution is 0.210. The van der Waals surface area contributed by atoms with Gasteiger partial charge in [-0.15, -0.1) is 11.8 Å². The predicted molar refractivity (Wildman–Crippen MR) is 99.7 cm³/mol. The standard InChI is InChI=1S/C14H21O5PS3/c1-5-17-20(21,18-6-2)19-13(11-23(4,15)16)12-9-7-8-10-14(12)22-3/h7-11H,5-6H2,1-4H3/b13-11-. The minimum Gasteiger partial charge on any atom is -0.423 e. The first-order valence-electron chi connectivity index (χ1n) is 6.88. The molecule has 5 nitrogen and oxygen atoms in total. The van der Waals surface area contributed by atoms with Crippen molar-refractivity contribution in [2.45, 2.75) is 18.7 Å². The average molecular weight is 396 g/mol.